The second-order valence-electron chi connectivity index (χ2n) is 8.82. The molecule has 2 fully saturated rings. The summed E-state index contributed by atoms with van der Waals surface area (Å²) in [6.45, 7) is 11.5. The summed E-state index contributed by atoms with van der Waals surface area (Å²) in [5.41, 5.74) is 1.52. The minimum Gasteiger partial charge on any atom is -0.507 e. The topological polar surface area (TPSA) is 96.3 Å². The lowest BCUT2D eigenvalue weighted by Gasteiger charge is -2.34. The average Bonchev–Trinajstić information content (AvgIpc) is 2.80. The van der Waals surface area contributed by atoms with Crippen molar-refractivity contribution >= 4 is 17.3 Å². The zero-order chi connectivity index (χ0) is 26.0. The molecule has 4 rings (SSSR count). The summed E-state index contributed by atoms with van der Waals surface area (Å²) < 4.78 is 12.3. The van der Waals surface area contributed by atoms with E-state index in [1.807, 2.05) is 6.07 Å². The van der Waals surface area contributed by atoms with Gasteiger partial charge < -0.3 is 30.2 Å². The molecule has 8 nitrogen and oxygen atoms in total. The number of ketones is 2. The van der Waals surface area contributed by atoms with Crippen molar-refractivity contribution in [3.8, 4) is 11.5 Å². The van der Waals surface area contributed by atoms with Crippen LogP contribution in [-0.4, -0.2) is 98.0 Å². The first kappa shape index (κ1) is 28.2. The maximum Gasteiger partial charge on any atom is 0.163 e. The van der Waals surface area contributed by atoms with Gasteiger partial charge in [0.15, 0.2) is 11.6 Å². The number of phenols is 2. The van der Waals surface area contributed by atoms with Gasteiger partial charge in [0, 0.05) is 70.2 Å². The van der Waals surface area contributed by atoms with Crippen LogP contribution in [0.15, 0.2) is 36.4 Å². The van der Waals surface area contributed by atoms with E-state index in [2.05, 4.69) is 34.1 Å². The highest BCUT2D eigenvalue weighted by molar-refractivity contribution is 5.97. The standard InChI is InChI=1S/C13H18N2O2.C8H7FO2.C5H12N2/c1-10(16)12-4-3-11(9-13(12)17)15-7-5-14(2)6-8-15;1-5(10)7-3-2-6(9)4-8(7)11;1-7-4-2-6-3-5-7/h3-4,9,17H,5-8H2,1-2H3;2-4,11H,1H3;6H,2-5H2,1H3. The van der Waals surface area contributed by atoms with Gasteiger partial charge in [-0.3, -0.25) is 9.59 Å². The number of carbonyl (C=O) groups excluding carboxylic acids is 2. The van der Waals surface area contributed by atoms with Crippen LogP contribution >= 0.6 is 0 Å². The van der Waals surface area contributed by atoms with Crippen LogP contribution in [0.5, 0.6) is 11.5 Å². The van der Waals surface area contributed by atoms with E-state index >= 15 is 0 Å². The van der Waals surface area contributed by atoms with Crippen molar-refractivity contribution in [1.29, 1.82) is 0 Å². The molecule has 35 heavy (non-hydrogen) atoms. The number of likely N-dealkylation sites (N-methyl/N-ethyl adjacent to an activating group) is 2. The van der Waals surface area contributed by atoms with E-state index in [4.69, 9.17) is 5.11 Å². The number of aromatic hydroxyl groups is 2. The molecule has 0 bridgehead atoms. The number of phenolic OH excluding ortho intramolecular Hbond substituents is 2. The molecule has 2 aliphatic heterocycles. The summed E-state index contributed by atoms with van der Waals surface area (Å²) >= 11 is 0. The molecule has 0 amide bonds. The molecule has 0 spiro atoms. The molecule has 2 aromatic rings. The predicted molar refractivity (Wildman–Crippen MR) is 136 cm³/mol. The van der Waals surface area contributed by atoms with Crippen LogP contribution in [0.2, 0.25) is 0 Å². The molecular formula is C26H37FN4O4. The Balaban J connectivity index is 0.000000205. The zero-order valence-electron chi connectivity index (χ0n) is 21.1. The Labute approximate surface area is 207 Å². The maximum absolute atomic E-state index is 12.3. The number of halogens is 1. The number of anilines is 1. The van der Waals surface area contributed by atoms with Crippen molar-refractivity contribution in [1.82, 2.24) is 15.1 Å². The Kier molecular flexibility index (Phi) is 11.1. The first-order chi connectivity index (χ1) is 16.6. The first-order valence-corrected chi connectivity index (χ1v) is 11.7. The highest BCUT2D eigenvalue weighted by Gasteiger charge is 2.16. The molecule has 0 aromatic heterocycles. The number of hydrogen-bond acceptors (Lipinski definition) is 8. The van der Waals surface area contributed by atoms with Gasteiger partial charge in [0.25, 0.3) is 0 Å². The Bertz CT molecular complexity index is 987. The quantitative estimate of drug-likeness (QED) is 0.568. The van der Waals surface area contributed by atoms with Crippen LogP contribution < -0.4 is 10.2 Å². The molecule has 0 radical (unpaired) electrons. The van der Waals surface area contributed by atoms with Gasteiger partial charge in [0.1, 0.15) is 17.3 Å². The number of piperazine rings is 2. The minimum atomic E-state index is -0.549. The van der Waals surface area contributed by atoms with E-state index in [-0.39, 0.29) is 28.6 Å². The second-order valence-corrected chi connectivity index (χ2v) is 8.82. The summed E-state index contributed by atoms with van der Waals surface area (Å²) in [6, 6.07) is 8.59. The molecule has 0 atom stereocenters. The maximum atomic E-state index is 12.3. The Hall–Kier alpha value is -3.01. The molecule has 0 aliphatic carbocycles. The molecule has 2 aromatic carbocycles. The number of nitrogens with one attached hydrogen (secondary N) is 1. The zero-order valence-corrected chi connectivity index (χ0v) is 21.1. The summed E-state index contributed by atoms with van der Waals surface area (Å²) in [5.74, 6) is -1.16. The fourth-order valence-electron chi connectivity index (χ4n) is 3.66. The van der Waals surface area contributed by atoms with E-state index in [0.717, 1.165) is 57.1 Å². The van der Waals surface area contributed by atoms with Gasteiger partial charge >= 0.3 is 0 Å². The number of benzene rings is 2. The van der Waals surface area contributed by atoms with Gasteiger partial charge in [-0.15, -0.1) is 0 Å². The highest BCUT2D eigenvalue weighted by Crippen LogP contribution is 2.25. The van der Waals surface area contributed by atoms with Crippen LogP contribution in [0.3, 0.4) is 0 Å². The second kappa shape index (κ2) is 13.8. The van der Waals surface area contributed by atoms with Gasteiger partial charge in [-0.05, 0) is 52.2 Å². The molecule has 192 valence electrons. The van der Waals surface area contributed by atoms with Gasteiger partial charge in [-0.1, -0.05) is 0 Å². The summed E-state index contributed by atoms with van der Waals surface area (Å²) in [4.78, 5) is 28.7. The van der Waals surface area contributed by atoms with E-state index in [1.165, 1.54) is 33.0 Å². The average molecular weight is 489 g/mol. The molecule has 0 unspecified atom stereocenters. The highest BCUT2D eigenvalue weighted by atomic mass is 19.1. The lowest BCUT2D eigenvalue weighted by atomic mass is 10.1. The van der Waals surface area contributed by atoms with E-state index in [0.29, 0.717) is 5.56 Å². The molecule has 9 heteroatoms. The van der Waals surface area contributed by atoms with Crippen molar-refractivity contribution in [3.05, 3.63) is 53.3 Å². The number of nitrogens with zero attached hydrogens (tertiary/aromatic N) is 3. The number of hydrogen-bond donors (Lipinski definition) is 3. The molecular weight excluding hydrogens is 451 g/mol. The van der Waals surface area contributed by atoms with Gasteiger partial charge in [-0.2, -0.15) is 0 Å². The molecule has 0 saturated carbocycles. The smallest absolute Gasteiger partial charge is 0.163 e. The van der Waals surface area contributed by atoms with Gasteiger partial charge in [-0.25, -0.2) is 4.39 Å². The number of rotatable bonds is 3. The molecule has 2 saturated heterocycles. The van der Waals surface area contributed by atoms with E-state index in [9.17, 15) is 19.1 Å². The SMILES string of the molecule is CC(=O)c1ccc(F)cc1O.CC(=O)c1ccc(N2CCN(C)CC2)cc1O.CN1CCNCC1. The van der Waals surface area contributed by atoms with Crippen LogP contribution in [0.25, 0.3) is 0 Å². The van der Waals surface area contributed by atoms with Crippen molar-refractivity contribution in [2.24, 2.45) is 0 Å². The summed E-state index contributed by atoms with van der Waals surface area (Å²) in [6.07, 6.45) is 0. The minimum absolute atomic E-state index is 0.0777. The Morgan fingerprint density at radius 3 is 1.69 bits per heavy atom. The lowest BCUT2D eigenvalue weighted by molar-refractivity contribution is 0.100. The van der Waals surface area contributed by atoms with Crippen molar-refractivity contribution in [3.63, 3.8) is 0 Å². The normalized spacial score (nSPS) is 16.4. The third-order valence-electron chi connectivity index (χ3n) is 5.91. The van der Waals surface area contributed by atoms with Gasteiger partial charge in [0.05, 0.1) is 11.1 Å². The Morgan fingerprint density at radius 1 is 0.771 bits per heavy atom. The van der Waals surface area contributed by atoms with E-state index < -0.39 is 5.82 Å². The van der Waals surface area contributed by atoms with E-state index in [1.54, 1.807) is 12.1 Å². The van der Waals surface area contributed by atoms with Crippen LogP contribution in [-0.2, 0) is 0 Å². The van der Waals surface area contributed by atoms with Crippen molar-refractivity contribution < 1.29 is 24.2 Å². The van der Waals surface area contributed by atoms with Crippen molar-refractivity contribution in [2.75, 3.05) is 71.4 Å². The molecule has 3 N–H and O–H groups in total. The largest absolute Gasteiger partial charge is 0.507 e. The predicted octanol–water partition coefficient (Wildman–Crippen LogP) is 2.60. The monoisotopic (exact) mass is 488 g/mol. The third-order valence-corrected chi connectivity index (χ3v) is 5.91. The fraction of sp³-hybridized carbons (Fsp3) is 0.462. The fourth-order valence-corrected chi connectivity index (χ4v) is 3.66. The van der Waals surface area contributed by atoms with Crippen LogP contribution in [0.1, 0.15) is 34.6 Å². The summed E-state index contributed by atoms with van der Waals surface area (Å²) in [5, 5.41) is 22.1. The third kappa shape index (κ3) is 9.28. The molecule has 2 heterocycles. The number of carbonyl (C=O) groups is 2. The molecule has 2 aliphatic rings. The summed E-state index contributed by atoms with van der Waals surface area (Å²) in [7, 11) is 4.26. The lowest BCUT2D eigenvalue weighted by Crippen LogP contribution is -2.44. The first-order valence-electron chi connectivity index (χ1n) is 11.7. The van der Waals surface area contributed by atoms with Crippen molar-refractivity contribution in [2.45, 2.75) is 13.8 Å². The van der Waals surface area contributed by atoms with Crippen LogP contribution in [0, 0.1) is 5.82 Å². The number of Topliss-reactive ketones (excluding diaryl/α,β-unsaturated/α-hetero) is 2. The van der Waals surface area contributed by atoms with Crippen LogP contribution in [0.4, 0.5) is 10.1 Å². The Morgan fingerprint density at radius 2 is 1.26 bits per heavy atom. The van der Waals surface area contributed by atoms with Gasteiger partial charge in [0.2, 0.25) is 0 Å².